The smallest absolute Gasteiger partial charge is 0.219 e. The molecule has 0 unspecified atom stereocenters. The maximum absolute atomic E-state index is 6.07. The molecule has 0 bridgehead atoms. The Morgan fingerprint density at radius 2 is 2.05 bits per heavy atom. The molecule has 112 valence electrons. The first-order chi connectivity index (χ1) is 9.52. The van der Waals surface area contributed by atoms with Gasteiger partial charge in [-0.3, -0.25) is 0 Å². The normalized spacial score (nSPS) is 18.8. The largest absolute Gasteiger partial charge is 0.474 e. The second kappa shape index (κ2) is 6.66. The highest BCUT2D eigenvalue weighted by atomic mass is 32.2. The van der Waals surface area contributed by atoms with Crippen LogP contribution in [0.25, 0.3) is 0 Å². The fourth-order valence-electron chi connectivity index (χ4n) is 2.49. The zero-order valence-electron chi connectivity index (χ0n) is 12.9. The van der Waals surface area contributed by atoms with Gasteiger partial charge in [0.2, 0.25) is 5.88 Å². The number of hydrogen-bond donors (Lipinski definition) is 1. The van der Waals surface area contributed by atoms with E-state index in [0.717, 1.165) is 30.4 Å². The van der Waals surface area contributed by atoms with Crippen LogP contribution < -0.4 is 10.1 Å². The predicted octanol–water partition coefficient (Wildman–Crippen LogP) is 3.98. The van der Waals surface area contributed by atoms with E-state index in [-0.39, 0.29) is 0 Å². The number of anilines is 1. The van der Waals surface area contributed by atoms with Crippen LogP contribution in [0, 0.1) is 5.41 Å². The number of aromatic nitrogens is 2. The van der Waals surface area contributed by atoms with Gasteiger partial charge < -0.3 is 10.1 Å². The lowest BCUT2D eigenvalue weighted by Gasteiger charge is -2.34. The van der Waals surface area contributed by atoms with Gasteiger partial charge in [-0.25, -0.2) is 4.98 Å². The van der Waals surface area contributed by atoms with Gasteiger partial charge in [0.05, 0.1) is 0 Å². The third-order valence-electron chi connectivity index (χ3n) is 3.80. The van der Waals surface area contributed by atoms with Crippen molar-refractivity contribution in [1.82, 2.24) is 9.97 Å². The Hall–Kier alpha value is -0.970. The van der Waals surface area contributed by atoms with Gasteiger partial charge in [-0.15, -0.1) is 0 Å². The van der Waals surface area contributed by atoms with Crippen molar-refractivity contribution in [2.75, 3.05) is 18.1 Å². The number of thioether (sulfide) groups is 1. The van der Waals surface area contributed by atoms with Crippen molar-refractivity contribution in [1.29, 1.82) is 0 Å². The first-order valence-electron chi connectivity index (χ1n) is 7.36. The van der Waals surface area contributed by atoms with E-state index in [1.807, 2.05) is 12.3 Å². The molecular formula is C15H25N3OS. The molecule has 0 aromatic carbocycles. The summed E-state index contributed by atoms with van der Waals surface area (Å²) in [6, 6.07) is 1.91. The summed E-state index contributed by atoms with van der Waals surface area (Å²) in [5.41, 5.74) is 0.463. The van der Waals surface area contributed by atoms with Gasteiger partial charge >= 0.3 is 0 Å². The molecule has 0 atom stereocenters. The predicted molar refractivity (Wildman–Crippen MR) is 84.6 cm³/mol. The SMILES string of the molecule is CCNc1cc(OC2CCC(C)(C)CC2)nc(SC)n1. The summed E-state index contributed by atoms with van der Waals surface area (Å²) >= 11 is 1.54. The molecule has 0 spiro atoms. The molecule has 1 fully saturated rings. The van der Waals surface area contributed by atoms with Crippen molar-refractivity contribution in [2.45, 2.75) is 57.7 Å². The molecule has 1 heterocycles. The van der Waals surface area contributed by atoms with Crippen LogP contribution in [0.2, 0.25) is 0 Å². The highest BCUT2D eigenvalue weighted by Gasteiger charge is 2.28. The van der Waals surface area contributed by atoms with Crippen LogP contribution in [0.15, 0.2) is 11.2 Å². The molecular weight excluding hydrogens is 270 g/mol. The fourth-order valence-corrected chi connectivity index (χ4v) is 2.86. The average molecular weight is 295 g/mol. The third-order valence-corrected chi connectivity index (χ3v) is 4.34. The lowest BCUT2D eigenvalue weighted by molar-refractivity contribution is 0.0942. The van der Waals surface area contributed by atoms with Crippen molar-refractivity contribution in [2.24, 2.45) is 5.41 Å². The van der Waals surface area contributed by atoms with Crippen molar-refractivity contribution in [3.8, 4) is 5.88 Å². The summed E-state index contributed by atoms with van der Waals surface area (Å²) < 4.78 is 6.07. The van der Waals surface area contributed by atoms with Crippen LogP contribution in [0.3, 0.4) is 0 Å². The summed E-state index contributed by atoms with van der Waals surface area (Å²) in [6.07, 6.45) is 6.95. The summed E-state index contributed by atoms with van der Waals surface area (Å²) in [5, 5.41) is 3.99. The second-order valence-electron chi connectivity index (χ2n) is 6.09. The number of nitrogens with zero attached hydrogens (tertiary/aromatic N) is 2. The lowest BCUT2D eigenvalue weighted by Crippen LogP contribution is -2.28. The highest BCUT2D eigenvalue weighted by Crippen LogP contribution is 2.36. The summed E-state index contributed by atoms with van der Waals surface area (Å²) in [7, 11) is 0. The first kappa shape index (κ1) is 15.4. The topological polar surface area (TPSA) is 47.0 Å². The van der Waals surface area contributed by atoms with Crippen LogP contribution in [-0.4, -0.2) is 28.9 Å². The Kier molecular flexibility index (Phi) is 5.13. The monoisotopic (exact) mass is 295 g/mol. The molecule has 1 aromatic rings. The van der Waals surface area contributed by atoms with E-state index in [9.17, 15) is 0 Å². The van der Waals surface area contributed by atoms with E-state index in [0.29, 0.717) is 17.4 Å². The summed E-state index contributed by atoms with van der Waals surface area (Å²) in [4.78, 5) is 8.87. The minimum Gasteiger partial charge on any atom is -0.474 e. The molecule has 1 N–H and O–H groups in total. The van der Waals surface area contributed by atoms with Crippen LogP contribution >= 0.6 is 11.8 Å². The molecule has 2 rings (SSSR count). The minimum absolute atomic E-state index is 0.294. The van der Waals surface area contributed by atoms with Gasteiger partial charge in [0.25, 0.3) is 0 Å². The lowest BCUT2D eigenvalue weighted by atomic mass is 9.76. The Labute approximate surface area is 126 Å². The zero-order valence-corrected chi connectivity index (χ0v) is 13.7. The van der Waals surface area contributed by atoms with Crippen LogP contribution in [0.1, 0.15) is 46.5 Å². The molecule has 1 aliphatic carbocycles. The standard InChI is InChI=1S/C15H25N3OS/c1-5-16-12-10-13(18-14(17-12)20-4)19-11-6-8-15(2,3)9-7-11/h10-11H,5-9H2,1-4H3,(H,16,17,18). The summed E-state index contributed by atoms with van der Waals surface area (Å²) in [6.45, 7) is 7.58. The molecule has 0 aliphatic heterocycles. The van der Waals surface area contributed by atoms with Gasteiger partial charge in [0.15, 0.2) is 5.16 Å². The Bertz CT molecular complexity index is 441. The Morgan fingerprint density at radius 3 is 2.65 bits per heavy atom. The van der Waals surface area contributed by atoms with E-state index in [2.05, 4.69) is 36.1 Å². The molecule has 5 heteroatoms. The van der Waals surface area contributed by atoms with Crippen LogP contribution in [0.5, 0.6) is 5.88 Å². The molecule has 20 heavy (non-hydrogen) atoms. The summed E-state index contributed by atoms with van der Waals surface area (Å²) in [5.74, 6) is 1.54. The first-order valence-corrected chi connectivity index (χ1v) is 8.58. The zero-order chi connectivity index (χ0) is 14.6. The van der Waals surface area contributed by atoms with Crippen molar-refractivity contribution < 1.29 is 4.74 Å². The highest BCUT2D eigenvalue weighted by molar-refractivity contribution is 7.98. The molecule has 1 aromatic heterocycles. The third kappa shape index (κ3) is 4.27. The van der Waals surface area contributed by atoms with Gasteiger partial charge in [0, 0.05) is 12.6 Å². The van der Waals surface area contributed by atoms with E-state index in [1.165, 1.54) is 12.8 Å². The quantitative estimate of drug-likeness (QED) is 0.657. The van der Waals surface area contributed by atoms with Crippen molar-refractivity contribution >= 4 is 17.6 Å². The molecule has 0 saturated heterocycles. The van der Waals surface area contributed by atoms with E-state index >= 15 is 0 Å². The fraction of sp³-hybridized carbons (Fsp3) is 0.733. The van der Waals surface area contributed by atoms with Crippen molar-refractivity contribution in [3.05, 3.63) is 6.07 Å². The molecule has 0 amide bonds. The minimum atomic E-state index is 0.294. The average Bonchev–Trinajstić information content (AvgIpc) is 2.41. The molecule has 1 aliphatic rings. The van der Waals surface area contributed by atoms with E-state index in [4.69, 9.17) is 4.74 Å². The van der Waals surface area contributed by atoms with Crippen molar-refractivity contribution in [3.63, 3.8) is 0 Å². The van der Waals surface area contributed by atoms with Gasteiger partial charge in [-0.05, 0) is 44.3 Å². The Balaban J connectivity index is 2.03. The van der Waals surface area contributed by atoms with Crippen LogP contribution in [0.4, 0.5) is 5.82 Å². The molecule has 4 nitrogen and oxygen atoms in total. The maximum atomic E-state index is 6.07. The van der Waals surface area contributed by atoms with Crippen LogP contribution in [-0.2, 0) is 0 Å². The number of hydrogen-bond acceptors (Lipinski definition) is 5. The van der Waals surface area contributed by atoms with E-state index < -0.39 is 0 Å². The van der Waals surface area contributed by atoms with Gasteiger partial charge in [-0.2, -0.15) is 4.98 Å². The Morgan fingerprint density at radius 1 is 1.35 bits per heavy atom. The maximum Gasteiger partial charge on any atom is 0.219 e. The number of rotatable bonds is 5. The van der Waals surface area contributed by atoms with Gasteiger partial charge in [0.1, 0.15) is 11.9 Å². The van der Waals surface area contributed by atoms with E-state index in [1.54, 1.807) is 11.8 Å². The molecule has 0 radical (unpaired) electrons. The number of nitrogens with one attached hydrogen (secondary N) is 1. The number of ether oxygens (including phenoxy) is 1. The van der Waals surface area contributed by atoms with Gasteiger partial charge in [-0.1, -0.05) is 25.6 Å². The molecule has 1 saturated carbocycles. The second-order valence-corrected chi connectivity index (χ2v) is 6.86.